The van der Waals surface area contributed by atoms with Gasteiger partial charge in [0, 0.05) is 12.0 Å². The van der Waals surface area contributed by atoms with Crippen molar-refractivity contribution in [2.45, 2.75) is 26.7 Å². The van der Waals surface area contributed by atoms with E-state index in [1.807, 2.05) is 13.0 Å². The lowest BCUT2D eigenvalue weighted by atomic mass is 10.0. The summed E-state index contributed by atoms with van der Waals surface area (Å²) in [7, 11) is 1.35. The van der Waals surface area contributed by atoms with Crippen molar-refractivity contribution in [1.29, 1.82) is 0 Å². The number of methoxy groups -OCH3 is 1. The summed E-state index contributed by atoms with van der Waals surface area (Å²) in [6, 6.07) is 7.09. The van der Waals surface area contributed by atoms with E-state index in [-0.39, 0.29) is 11.5 Å². The zero-order valence-corrected chi connectivity index (χ0v) is 12.4. The molecule has 0 aliphatic rings. The smallest absolute Gasteiger partial charge is 0.337 e. The van der Waals surface area contributed by atoms with Gasteiger partial charge in [-0.05, 0) is 31.0 Å². The van der Waals surface area contributed by atoms with Gasteiger partial charge in [-0.3, -0.25) is 4.79 Å². The molecule has 1 N–H and O–H groups in total. The second kappa shape index (κ2) is 6.35. The van der Waals surface area contributed by atoms with Gasteiger partial charge in [-0.1, -0.05) is 19.1 Å². The Morgan fingerprint density at radius 3 is 2.81 bits per heavy atom. The van der Waals surface area contributed by atoms with Crippen LogP contribution in [0.1, 0.15) is 39.9 Å². The fourth-order valence-electron chi connectivity index (χ4n) is 2.27. The van der Waals surface area contributed by atoms with E-state index < -0.39 is 0 Å². The summed E-state index contributed by atoms with van der Waals surface area (Å²) in [6.07, 6.45) is 1.13. The summed E-state index contributed by atoms with van der Waals surface area (Å²) in [5.41, 5.74) is 2.67. The van der Waals surface area contributed by atoms with Crippen LogP contribution in [0.2, 0.25) is 0 Å². The van der Waals surface area contributed by atoms with Crippen LogP contribution in [0, 0.1) is 6.92 Å². The minimum absolute atomic E-state index is 0.122. The number of benzene rings is 1. The zero-order valence-electron chi connectivity index (χ0n) is 12.4. The van der Waals surface area contributed by atoms with Gasteiger partial charge < -0.3 is 9.72 Å². The van der Waals surface area contributed by atoms with Crippen molar-refractivity contribution in [3.05, 3.63) is 62.8 Å². The quantitative estimate of drug-likeness (QED) is 0.873. The molecule has 110 valence electrons. The SMILES string of the molecule is CCc1nc(C)[nH]c(=O)c1Cc1cccc(C(=O)OC)c1. The number of nitrogens with one attached hydrogen (secondary N) is 1. The molecular formula is C16H18N2O3. The van der Waals surface area contributed by atoms with E-state index in [9.17, 15) is 9.59 Å². The van der Waals surface area contributed by atoms with E-state index in [1.54, 1.807) is 25.1 Å². The Bertz CT molecular complexity index is 720. The molecule has 1 aromatic carbocycles. The van der Waals surface area contributed by atoms with Crippen LogP contribution >= 0.6 is 0 Å². The van der Waals surface area contributed by atoms with Gasteiger partial charge in [0.05, 0.1) is 18.4 Å². The number of carbonyl (C=O) groups is 1. The largest absolute Gasteiger partial charge is 0.465 e. The molecule has 0 aliphatic heterocycles. The van der Waals surface area contributed by atoms with Gasteiger partial charge in [-0.15, -0.1) is 0 Å². The van der Waals surface area contributed by atoms with Crippen LogP contribution in [0.15, 0.2) is 29.1 Å². The van der Waals surface area contributed by atoms with Crippen LogP contribution in [-0.2, 0) is 17.6 Å². The molecule has 1 heterocycles. The first-order chi connectivity index (χ1) is 10.0. The van der Waals surface area contributed by atoms with E-state index in [0.29, 0.717) is 29.8 Å². The molecule has 0 fully saturated rings. The van der Waals surface area contributed by atoms with Crippen LogP contribution in [-0.4, -0.2) is 23.0 Å². The van der Waals surface area contributed by atoms with E-state index in [0.717, 1.165) is 11.3 Å². The monoisotopic (exact) mass is 286 g/mol. The Balaban J connectivity index is 2.39. The van der Waals surface area contributed by atoms with E-state index in [2.05, 4.69) is 9.97 Å². The maximum atomic E-state index is 12.1. The lowest BCUT2D eigenvalue weighted by Gasteiger charge is -2.08. The van der Waals surface area contributed by atoms with Gasteiger partial charge in [-0.2, -0.15) is 0 Å². The lowest BCUT2D eigenvalue weighted by Crippen LogP contribution is -2.19. The van der Waals surface area contributed by atoms with Gasteiger partial charge in [0.25, 0.3) is 5.56 Å². The van der Waals surface area contributed by atoms with Crippen molar-refractivity contribution < 1.29 is 9.53 Å². The van der Waals surface area contributed by atoms with Crippen LogP contribution in [0.5, 0.6) is 0 Å². The molecule has 0 radical (unpaired) electrons. The minimum Gasteiger partial charge on any atom is -0.465 e. The number of ether oxygens (including phenoxy) is 1. The molecule has 0 saturated carbocycles. The number of hydrogen-bond donors (Lipinski definition) is 1. The molecule has 0 spiro atoms. The van der Waals surface area contributed by atoms with Crippen LogP contribution in [0.4, 0.5) is 0 Å². The van der Waals surface area contributed by atoms with Crippen molar-refractivity contribution in [3.8, 4) is 0 Å². The highest BCUT2D eigenvalue weighted by Crippen LogP contribution is 2.12. The highest BCUT2D eigenvalue weighted by molar-refractivity contribution is 5.89. The first-order valence-electron chi connectivity index (χ1n) is 6.81. The van der Waals surface area contributed by atoms with Crippen LogP contribution < -0.4 is 5.56 Å². The van der Waals surface area contributed by atoms with Gasteiger partial charge in [-0.25, -0.2) is 9.78 Å². The molecule has 0 amide bonds. The standard InChI is InChI=1S/C16H18N2O3/c1-4-14-13(15(19)18-10(2)17-14)9-11-6-5-7-12(8-11)16(20)21-3/h5-8H,4,9H2,1-3H3,(H,17,18,19). The van der Waals surface area contributed by atoms with Gasteiger partial charge in [0.1, 0.15) is 5.82 Å². The number of aryl methyl sites for hydroxylation is 2. The minimum atomic E-state index is -0.386. The normalized spacial score (nSPS) is 10.4. The summed E-state index contributed by atoms with van der Waals surface area (Å²) < 4.78 is 4.71. The highest BCUT2D eigenvalue weighted by atomic mass is 16.5. The topological polar surface area (TPSA) is 72.0 Å². The molecule has 2 rings (SSSR count). The van der Waals surface area contributed by atoms with Crippen molar-refractivity contribution in [2.24, 2.45) is 0 Å². The molecule has 21 heavy (non-hydrogen) atoms. The van der Waals surface area contributed by atoms with E-state index in [1.165, 1.54) is 7.11 Å². The summed E-state index contributed by atoms with van der Waals surface area (Å²) in [4.78, 5) is 30.8. The molecule has 0 unspecified atom stereocenters. The van der Waals surface area contributed by atoms with Crippen molar-refractivity contribution in [2.75, 3.05) is 7.11 Å². The summed E-state index contributed by atoms with van der Waals surface area (Å²) in [5, 5.41) is 0. The first kappa shape index (κ1) is 15.0. The number of nitrogens with zero attached hydrogens (tertiary/aromatic N) is 1. The van der Waals surface area contributed by atoms with Crippen LogP contribution in [0.3, 0.4) is 0 Å². The molecule has 0 aliphatic carbocycles. The second-order valence-electron chi connectivity index (χ2n) is 4.80. The molecule has 0 bridgehead atoms. The Morgan fingerprint density at radius 1 is 1.38 bits per heavy atom. The highest BCUT2D eigenvalue weighted by Gasteiger charge is 2.11. The van der Waals surface area contributed by atoms with Crippen molar-refractivity contribution >= 4 is 5.97 Å². The molecule has 0 atom stereocenters. The number of esters is 1. The summed E-state index contributed by atoms with van der Waals surface area (Å²) in [5.74, 6) is 0.229. The van der Waals surface area contributed by atoms with Crippen LogP contribution in [0.25, 0.3) is 0 Å². The number of rotatable bonds is 4. The predicted molar refractivity (Wildman–Crippen MR) is 79.6 cm³/mol. The number of hydrogen-bond acceptors (Lipinski definition) is 4. The molecule has 5 nitrogen and oxygen atoms in total. The Hall–Kier alpha value is -2.43. The Kier molecular flexibility index (Phi) is 4.52. The third-order valence-electron chi connectivity index (χ3n) is 3.28. The molecular weight excluding hydrogens is 268 g/mol. The maximum absolute atomic E-state index is 12.1. The lowest BCUT2D eigenvalue weighted by molar-refractivity contribution is 0.0600. The fourth-order valence-corrected chi connectivity index (χ4v) is 2.27. The first-order valence-corrected chi connectivity index (χ1v) is 6.81. The van der Waals surface area contributed by atoms with Gasteiger partial charge in [0.15, 0.2) is 0 Å². The van der Waals surface area contributed by atoms with E-state index in [4.69, 9.17) is 4.74 Å². The van der Waals surface area contributed by atoms with Gasteiger partial charge >= 0.3 is 5.97 Å². The number of aromatic amines is 1. The third-order valence-corrected chi connectivity index (χ3v) is 3.28. The van der Waals surface area contributed by atoms with E-state index >= 15 is 0 Å². The number of aromatic nitrogens is 2. The average Bonchev–Trinajstić information content (AvgIpc) is 2.49. The van der Waals surface area contributed by atoms with Gasteiger partial charge in [0.2, 0.25) is 0 Å². The third kappa shape index (κ3) is 3.37. The zero-order chi connectivity index (χ0) is 15.4. The number of carbonyl (C=O) groups excluding carboxylic acids is 1. The number of H-pyrrole nitrogens is 1. The van der Waals surface area contributed by atoms with Crippen molar-refractivity contribution in [3.63, 3.8) is 0 Å². The summed E-state index contributed by atoms with van der Waals surface area (Å²) in [6.45, 7) is 3.73. The van der Waals surface area contributed by atoms with Crippen molar-refractivity contribution in [1.82, 2.24) is 9.97 Å². The predicted octanol–water partition coefficient (Wildman–Crippen LogP) is 2.02. The Morgan fingerprint density at radius 2 is 2.14 bits per heavy atom. The maximum Gasteiger partial charge on any atom is 0.337 e. The summed E-state index contributed by atoms with van der Waals surface area (Å²) >= 11 is 0. The molecule has 2 aromatic rings. The molecule has 5 heteroatoms. The Labute approximate surface area is 123 Å². The fraction of sp³-hybridized carbons (Fsp3) is 0.312. The molecule has 0 saturated heterocycles. The molecule has 1 aromatic heterocycles. The average molecular weight is 286 g/mol. The second-order valence-corrected chi connectivity index (χ2v) is 4.80.